The standard InChI is InChI=1S/C50H34N2O2/c1-50(2)40-19-9-8-17-37(40)38-28-27-35(30-41(38)50)52(34-25-23-32(24-26-34)31-13-4-3-5-14-31)43-29-33-15-6-7-16-36(33)47-46-39(18-12-22-45(46)53-48(43)47)49-51-42-20-10-11-21-44(42)54-49/h3-30H,1-2H3. The average molecular weight is 695 g/mol. The fourth-order valence-corrected chi connectivity index (χ4v) is 8.67. The van der Waals surface area contributed by atoms with Crippen LogP contribution in [0, 0.1) is 0 Å². The van der Waals surface area contributed by atoms with Gasteiger partial charge >= 0.3 is 0 Å². The first-order valence-corrected chi connectivity index (χ1v) is 18.5. The van der Waals surface area contributed by atoms with E-state index in [4.69, 9.17) is 13.8 Å². The molecule has 0 N–H and O–H groups in total. The molecule has 2 aromatic heterocycles. The molecule has 54 heavy (non-hydrogen) atoms. The van der Waals surface area contributed by atoms with Crippen molar-refractivity contribution in [2.75, 3.05) is 4.90 Å². The lowest BCUT2D eigenvalue weighted by molar-refractivity contribution is 0.620. The Morgan fingerprint density at radius 1 is 0.500 bits per heavy atom. The summed E-state index contributed by atoms with van der Waals surface area (Å²) in [4.78, 5) is 7.30. The number of benzene rings is 8. The molecule has 0 atom stereocenters. The van der Waals surface area contributed by atoms with E-state index in [1.807, 2.05) is 36.4 Å². The van der Waals surface area contributed by atoms with Gasteiger partial charge in [0.25, 0.3) is 0 Å². The number of furan rings is 1. The van der Waals surface area contributed by atoms with Crippen LogP contribution in [0.5, 0.6) is 0 Å². The summed E-state index contributed by atoms with van der Waals surface area (Å²) < 4.78 is 13.4. The SMILES string of the molecule is CC1(C)c2ccccc2-c2ccc(N(c3ccc(-c4ccccc4)cc3)c3cc4ccccc4c4c3oc3cccc(-c5nc6ccccc6o5)c34)cc21. The number of rotatable bonds is 5. The largest absolute Gasteiger partial charge is 0.454 e. The lowest BCUT2D eigenvalue weighted by Crippen LogP contribution is -2.16. The number of nitrogens with zero attached hydrogens (tertiary/aromatic N) is 2. The third kappa shape index (κ3) is 4.53. The van der Waals surface area contributed by atoms with Gasteiger partial charge in [-0.25, -0.2) is 4.98 Å². The van der Waals surface area contributed by atoms with Gasteiger partial charge in [-0.2, -0.15) is 0 Å². The molecule has 0 amide bonds. The number of fused-ring (bicyclic) bond motifs is 9. The van der Waals surface area contributed by atoms with Gasteiger partial charge in [0.15, 0.2) is 11.2 Å². The van der Waals surface area contributed by atoms with Crippen LogP contribution in [-0.2, 0) is 5.41 Å². The molecule has 8 aromatic carbocycles. The van der Waals surface area contributed by atoms with Crippen LogP contribution in [0.1, 0.15) is 25.0 Å². The van der Waals surface area contributed by atoms with Crippen molar-refractivity contribution < 1.29 is 8.83 Å². The zero-order chi connectivity index (χ0) is 36.0. The van der Waals surface area contributed by atoms with Crippen molar-refractivity contribution in [2.45, 2.75) is 19.3 Å². The molecule has 4 nitrogen and oxygen atoms in total. The molecule has 0 saturated carbocycles. The second-order valence-electron chi connectivity index (χ2n) is 14.7. The van der Waals surface area contributed by atoms with Crippen LogP contribution in [0.25, 0.3) is 77.5 Å². The van der Waals surface area contributed by atoms with Gasteiger partial charge in [-0.15, -0.1) is 0 Å². The first-order valence-electron chi connectivity index (χ1n) is 18.5. The molecule has 10 aromatic rings. The predicted octanol–water partition coefficient (Wildman–Crippen LogP) is 14.0. The Bertz CT molecular complexity index is 3050. The van der Waals surface area contributed by atoms with E-state index in [1.165, 1.54) is 33.4 Å². The van der Waals surface area contributed by atoms with Crippen molar-refractivity contribution in [1.29, 1.82) is 0 Å². The second kappa shape index (κ2) is 11.5. The minimum Gasteiger partial charge on any atom is -0.454 e. The first kappa shape index (κ1) is 30.7. The van der Waals surface area contributed by atoms with Gasteiger partial charge in [-0.1, -0.05) is 129 Å². The Balaban J connectivity index is 1.19. The Hall–Kier alpha value is -6.91. The minimum absolute atomic E-state index is 0.155. The highest BCUT2D eigenvalue weighted by Gasteiger charge is 2.36. The summed E-state index contributed by atoms with van der Waals surface area (Å²) >= 11 is 0. The summed E-state index contributed by atoms with van der Waals surface area (Å²) in [7, 11) is 0. The smallest absolute Gasteiger partial charge is 0.228 e. The molecule has 0 bridgehead atoms. The second-order valence-corrected chi connectivity index (χ2v) is 14.7. The maximum absolute atomic E-state index is 7.02. The van der Waals surface area contributed by atoms with E-state index < -0.39 is 0 Å². The fraction of sp³-hybridized carbons (Fsp3) is 0.0600. The van der Waals surface area contributed by atoms with E-state index in [0.29, 0.717) is 5.89 Å². The van der Waals surface area contributed by atoms with Crippen molar-refractivity contribution in [3.05, 3.63) is 181 Å². The van der Waals surface area contributed by atoms with Gasteiger partial charge in [0, 0.05) is 33.1 Å². The molecule has 0 aliphatic heterocycles. The van der Waals surface area contributed by atoms with Crippen LogP contribution in [-0.4, -0.2) is 4.98 Å². The maximum atomic E-state index is 7.02. The Labute approximate surface area is 312 Å². The van der Waals surface area contributed by atoms with E-state index in [2.05, 4.69) is 152 Å². The zero-order valence-corrected chi connectivity index (χ0v) is 29.9. The van der Waals surface area contributed by atoms with E-state index in [9.17, 15) is 0 Å². The lowest BCUT2D eigenvalue weighted by atomic mass is 9.82. The minimum atomic E-state index is -0.155. The molecule has 0 radical (unpaired) electrons. The van der Waals surface area contributed by atoms with E-state index >= 15 is 0 Å². The molecule has 4 heteroatoms. The van der Waals surface area contributed by atoms with Gasteiger partial charge < -0.3 is 13.7 Å². The third-order valence-electron chi connectivity index (χ3n) is 11.3. The molecular weight excluding hydrogens is 661 g/mol. The van der Waals surface area contributed by atoms with E-state index in [-0.39, 0.29) is 5.41 Å². The Kier molecular flexibility index (Phi) is 6.56. The number of hydrogen-bond donors (Lipinski definition) is 0. The molecule has 0 fully saturated rings. The van der Waals surface area contributed by atoms with Gasteiger partial charge in [0.1, 0.15) is 11.1 Å². The highest BCUT2D eigenvalue weighted by Crippen LogP contribution is 2.52. The van der Waals surface area contributed by atoms with Crippen molar-refractivity contribution in [3.8, 4) is 33.7 Å². The maximum Gasteiger partial charge on any atom is 0.228 e. The molecule has 11 rings (SSSR count). The van der Waals surface area contributed by atoms with Gasteiger partial charge in [-0.05, 0) is 98.8 Å². The highest BCUT2D eigenvalue weighted by atomic mass is 16.3. The third-order valence-corrected chi connectivity index (χ3v) is 11.3. The monoisotopic (exact) mass is 694 g/mol. The van der Waals surface area contributed by atoms with Crippen LogP contribution in [0.3, 0.4) is 0 Å². The van der Waals surface area contributed by atoms with Gasteiger partial charge in [-0.3, -0.25) is 0 Å². The van der Waals surface area contributed by atoms with Gasteiger partial charge in [0.05, 0.1) is 5.69 Å². The first-order chi connectivity index (χ1) is 26.5. The molecule has 0 unspecified atom stereocenters. The van der Waals surface area contributed by atoms with Gasteiger partial charge in [0.2, 0.25) is 5.89 Å². The van der Waals surface area contributed by atoms with Crippen LogP contribution < -0.4 is 4.90 Å². The number of aromatic nitrogens is 1. The molecular formula is C50H34N2O2. The fourth-order valence-electron chi connectivity index (χ4n) is 8.67. The molecule has 0 spiro atoms. The summed E-state index contributed by atoms with van der Waals surface area (Å²) in [5.41, 5.74) is 14.6. The summed E-state index contributed by atoms with van der Waals surface area (Å²) in [5, 5.41) is 4.26. The number of para-hydroxylation sites is 2. The molecule has 0 saturated heterocycles. The molecule has 2 heterocycles. The van der Waals surface area contributed by atoms with Crippen LogP contribution in [0.15, 0.2) is 179 Å². The van der Waals surface area contributed by atoms with Crippen molar-refractivity contribution >= 4 is 60.9 Å². The predicted molar refractivity (Wildman–Crippen MR) is 222 cm³/mol. The Morgan fingerprint density at radius 3 is 2.06 bits per heavy atom. The lowest BCUT2D eigenvalue weighted by Gasteiger charge is -2.28. The van der Waals surface area contributed by atoms with Crippen molar-refractivity contribution in [3.63, 3.8) is 0 Å². The van der Waals surface area contributed by atoms with Crippen molar-refractivity contribution in [2.24, 2.45) is 0 Å². The van der Waals surface area contributed by atoms with E-state index in [1.54, 1.807) is 0 Å². The topological polar surface area (TPSA) is 42.4 Å². The number of hydrogen-bond acceptors (Lipinski definition) is 4. The number of oxazole rings is 1. The van der Waals surface area contributed by atoms with Crippen LogP contribution >= 0.6 is 0 Å². The molecule has 256 valence electrons. The quantitative estimate of drug-likeness (QED) is 0.180. The normalized spacial score (nSPS) is 13.1. The van der Waals surface area contributed by atoms with Crippen LogP contribution in [0.2, 0.25) is 0 Å². The molecule has 1 aliphatic carbocycles. The number of anilines is 3. The van der Waals surface area contributed by atoms with Crippen molar-refractivity contribution in [1.82, 2.24) is 4.98 Å². The average Bonchev–Trinajstić information content (AvgIpc) is 3.90. The zero-order valence-electron chi connectivity index (χ0n) is 29.9. The summed E-state index contributed by atoms with van der Waals surface area (Å²) in [5.74, 6) is 0.577. The Morgan fingerprint density at radius 2 is 1.19 bits per heavy atom. The summed E-state index contributed by atoms with van der Waals surface area (Å²) in [6.07, 6.45) is 0. The molecule has 1 aliphatic rings. The van der Waals surface area contributed by atoms with E-state index in [0.717, 1.165) is 66.4 Å². The summed E-state index contributed by atoms with van der Waals surface area (Å²) in [6, 6.07) is 60.1. The summed E-state index contributed by atoms with van der Waals surface area (Å²) in [6.45, 7) is 4.67. The van der Waals surface area contributed by atoms with Crippen LogP contribution in [0.4, 0.5) is 17.1 Å². The highest BCUT2D eigenvalue weighted by molar-refractivity contribution is 6.26.